The van der Waals surface area contributed by atoms with Gasteiger partial charge in [0.25, 0.3) is 0 Å². The molecule has 0 unspecified atom stereocenters. The highest BCUT2D eigenvalue weighted by atomic mass is 16.4. The van der Waals surface area contributed by atoms with Crippen LogP contribution in [0.1, 0.15) is 23.0 Å². The van der Waals surface area contributed by atoms with E-state index in [1.54, 1.807) is 6.07 Å². The van der Waals surface area contributed by atoms with Crippen LogP contribution in [-0.2, 0) is 6.54 Å². The molecule has 104 valence electrons. The zero-order chi connectivity index (χ0) is 14.3. The monoisotopic (exact) mass is 267 g/mol. The highest BCUT2D eigenvalue weighted by Crippen LogP contribution is 2.00. The highest BCUT2D eigenvalue weighted by molar-refractivity contribution is 5.85. The minimum absolute atomic E-state index is 0.0365. The molecular weight excluding hydrogens is 250 g/mol. The van der Waals surface area contributed by atoms with Crippen molar-refractivity contribution in [1.82, 2.24) is 15.2 Å². The first kappa shape index (κ1) is 14.9. The lowest BCUT2D eigenvalue weighted by Gasteiger charge is -2.20. The average Bonchev–Trinajstić information content (AvgIpc) is 2.42. The second kappa shape index (κ2) is 7.32. The summed E-state index contributed by atoms with van der Waals surface area (Å²) in [5, 5.41) is 20.2. The number of pyridine rings is 1. The van der Waals surface area contributed by atoms with Crippen molar-refractivity contribution in [2.24, 2.45) is 0 Å². The Labute approximate surface area is 110 Å². The Bertz CT molecular complexity index is 433. The molecule has 1 aromatic rings. The number of nitrogens with zero attached hydrogens (tertiary/aromatic N) is 2. The molecule has 7 nitrogen and oxygen atoms in total. The Morgan fingerprint density at radius 2 is 2.16 bits per heavy atom. The van der Waals surface area contributed by atoms with E-state index in [2.05, 4.69) is 10.3 Å². The molecule has 1 aromatic heterocycles. The number of likely N-dealkylation sites (N-methyl/N-ethyl adjacent to an activating group) is 1. The molecule has 7 heteroatoms. The van der Waals surface area contributed by atoms with E-state index in [1.807, 2.05) is 6.92 Å². The molecule has 0 atom stereocenters. The number of carboxylic acid groups (broad SMARTS) is 1. The minimum atomic E-state index is -1.09. The fraction of sp³-hybridized carbons (Fsp3) is 0.417. The zero-order valence-corrected chi connectivity index (χ0v) is 10.7. The third-order valence-electron chi connectivity index (χ3n) is 2.53. The number of aromatic nitrogens is 1. The van der Waals surface area contributed by atoms with Crippen molar-refractivity contribution in [1.29, 1.82) is 0 Å². The first-order valence-electron chi connectivity index (χ1n) is 5.90. The number of carboxylic acids is 1. The number of aromatic carboxylic acids is 1. The molecule has 0 bridgehead atoms. The van der Waals surface area contributed by atoms with Gasteiger partial charge in [0.05, 0.1) is 6.61 Å². The second-order valence-electron chi connectivity index (χ2n) is 3.82. The van der Waals surface area contributed by atoms with E-state index < -0.39 is 5.97 Å². The summed E-state index contributed by atoms with van der Waals surface area (Å²) in [5.41, 5.74) is 0.670. The lowest BCUT2D eigenvalue weighted by Crippen LogP contribution is -2.41. The van der Waals surface area contributed by atoms with Crippen molar-refractivity contribution >= 4 is 12.0 Å². The number of aliphatic hydroxyl groups excluding tert-OH is 1. The largest absolute Gasteiger partial charge is 0.477 e. The molecular formula is C12H17N3O4. The number of carbonyl (C=O) groups excluding carboxylic acids is 1. The lowest BCUT2D eigenvalue weighted by molar-refractivity contribution is 0.0690. The first-order chi connectivity index (χ1) is 9.08. The summed E-state index contributed by atoms with van der Waals surface area (Å²) in [7, 11) is 0. The smallest absolute Gasteiger partial charge is 0.354 e. The Morgan fingerprint density at radius 1 is 1.42 bits per heavy atom. The molecule has 0 aliphatic rings. The number of urea groups is 1. The number of amides is 2. The first-order valence-corrected chi connectivity index (χ1v) is 5.90. The van der Waals surface area contributed by atoms with Gasteiger partial charge in [-0.25, -0.2) is 14.6 Å². The summed E-state index contributed by atoms with van der Waals surface area (Å²) >= 11 is 0. The van der Waals surface area contributed by atoms with Crippen molar-refractivity contribution in [3.63, 3.8) is 0 Å². The van der Waals surface area contributed by atoms with Gasteiger partial charge in [-0.05, 0) is 18.6 Å². The number of rotatable bonds is 6. The maximum Gasteiger partial charge on any atom is 0.354 e. The van der Waals surface area contributed by atoms with Gasteiger partial charge < -0.3 is 20.4 Å². The van der Waals surface area contributed by atoms with E-state index in [4.69, 9.17) is 10.2 Å². The van der Waals surface area contributed by atoms with Gasteiger partial charge in [0, 0.05) is 25.8 Å². The van der Waals surface area contributed by atoms with Crippen molar-refractivity contribution in [3.05, 3.63) is 29.6 Å². The molecule has 1 heterocycles. The standard InChI is InChI=1S/C12H17N3O4/c1-2-15(5-6-16)12(19)14-8-9-3-4-10(11(17)18)13-7-9/h3-4,7,16H,2,5-6,8H2,1H3,(H,14,19)(H,17,18). The molecule has 0 radical (unpaired) electrons. The van der Waals surface area contributed by atoms with Crippen LogP contribution in [0.15, 0.2) is 18.3 Å². The highest BCUT2D eigenvalue weighted by Gasteiger charge is 2.10. The molecule has 0 aromatic carbocycles. The summed E-state index contributed by atoms with van der Waals surface area (Å²) in [4.78, 5) is 27.5. The normalized spacial score (nSPS) is 10.0. The molecule has 0 saturated heterocycles. The van der Waals surface area contributed by atoms with Crippen molar-refractivity contribution in [2.75, 3.05) is 19.7 Å². The van der Waals surface area contributed by atoms with Gasteiger partial charge in [0.1, 0.15) is 5.69 Å². The number of nitrogens with one attached hydrogen (secondary N) is 1. The summed E-state index contributed by atoms with van der Waals surface area (Å²) in [6.07, 6.45) is 1.41. The van der Waals surface area contributed by atoms with Gasteiger partial charge in [-0.1, -0.05) is 6.07 Å². The van der Waals surface area contributed by atoms with Crippen LogP contribution >= 0.6 is 0 Å². The van der Waals surface area contributed by atoms with Crippen LogP contribution in [0.3, 0.4) is 0 Å². The molecule has 0 fully saturated rings. The predicted octanol–water partition coefficient (Wildman–Crippen LogP) is 0.304. The Hall–Kier alpha value is -2.15. The van der Waals surface area contributed by atoms with Gasteiger partial charge in [-0.2, -0.15) is 0 Å². The molecule has 0 spiro atoms. The summed E-state index contributed by atoms with van der Waals surface area (Å²) in [5.74, 6) is -1.09. The van der Waals surface area contributed by atoms with Crippen LogP contribution in [0, 0.1) is 0 Å². The van der Waals surface area contributed by atoms with Crippen molar-refractivity contribution in [2.45, 2.75) is 13.5 Å². The quantitative estimate of drug-likeness (QED) is 0.688. The fourth-order valence-corrected chi connectivity index (χ4v) is 1.47. The van der Waals surface area contributed by atoms with Gasteiger partial charge in [-0.3, -0.25) is 0 Å². The Morgan fingerprint density at radius 3 is 2.63 bits per heavy atom. The molecule has 0 aliphatic heterocycles. The Kier molecular flexibility index (Phi) is 5.74. The molecule has 0 aliphatic carbocycles. The summed E-state index contributed by atoms with van der Waals surface area (Å²) in [6.45, 7) is 2.77. The summed E-state index contributed by atoms with van der Waals surface area (Å²) in [6, 6.07) is 2.70. The van der Waals surface area contributed by atoms with Crippen molar-refractivity contribution in [3.8, 4) is 0 Å². The van der Waals surface area contributed by atoms with Crippen LogP contribution in [0.5, 0.6) is 0 Å². The maximum atomic E-state index is 11.7. The number of carbonyl (C=O) groups is 2. The van der Waals surface area contributed by atoms with Gasteiger partial charge in [-0.15, -0.1) is 0 Å². The summed E-state index contributed by atoms with van der Waals surface area (Å²) < 4.78 is 0. The second-order valence-corrected chi connectivity index (χ2v) is 3.82. The van der Waals surface area contributed by atoms with E-state index in [0.29, 0.717) is 12.1 Å². The van der Waals surface area contributed by atoms with Gasteiger partial charge in [0.2, 0.25) is 0 Å². The van der Waals surface area contributed by atoms with Gasteiger partial charge in [0.15, 0.2) is 0 Å². The fourth-order valence-electron chi connectivity index (χ4n) is 1.47. The predicted molar refractivity (Wildman–Crippen MR) is 67.8 cm³/mol. The maximum absolute atomic E-state index is 11.7. The van der Waals surface area contributed by atoms with Crippen LogP contribution in [0.25, 0.3) is 0 Å². The van der Waals surface area contributed by atoms with E-state index >= 15 is 0 Å². The lowest BCUT2D eigenvalue weighted by atomic mass is 10.2. The number of hydrogen-bond donors (Lipinski definition) is 3. The van der Waals surface area contributed by atoms with Crippen molar-refractivity contribution < 1.29 is 19.8 Å². The zero-order valence-electron chi connectivity index (χ0n) is 10.7. The average molecular weight is 267 g/mol. The SMILES string of the molecule is CCN(CCO)C(=O)NCc1ccc(C(=O)O)nc1. The molecule has 3 N–H and O–H groups in total. The number of hydrogen-bond acceptors (Lipinski definition) is 4. The molecule has 2 amide bonds. The van der Waals surface area contributed by atoms with Crippen LogP contribution in [-0.4, -0.2) is 51.8 Å². The van der Waals surface area contributed by atoms with E-state index in [-0.39, 0.29) is 31.4 Å². The van der Waals surface area contributed by atoms with Crippen LogP contribution < -0.4 is 5.32 Å². The molecule has 0 saturated carbocycles. The topological polar surface area (TPSA) is 103 Å². The van der Waals surface area contributed by atoms with Gasteiger partial charge >= 0.3 is 12.0 Å². The van der Waals surface area contributed by atoms with Crippen LogP contribution in [0.2, 0.25) is 0 Å². The van der Waals surface area contributed by atoms with E-state index in [9.17, 15) is 9.59 Å². The number of aliphatic hydroxyl groups is 1. The minimum Gasteiger partial charge on any atom is -0.477 e. The van der Waals surface area contributed by atoms with E-state index in [1.165, 1.54) is 17.2 Å². The third kappa shape index (κ3) is 4.55. The molecule has 1 rings (SSSR count). The Balaban J connectivity index is 2.52. The van der Waals surface area contributed by atoms with Crippen LogP contribution in [0.4, 0.5) is 4.79 Å². The molecule has 19 heavy (non-hydrogen) atoms. The van der Waals surface area contributed by atoms with E-state index in [0.717, 1.165) is 0 Å². The third-order valence-corrected chi connectivity index (χ3v) is 2.53.